The predicted octanol–water partition coefficient (Wildman–Crippen LogP) is 2.33. The molecular formula is C24H40IN5O3. The summed E-state index contributed by atoms with van der Waals surface area (Å²) in [7, 11) is 5.44. The van der Waals surface area contributed by atoms with Crippen molar-refractivity contribution in [3.8, 4) is 5.75 Å². The van der Waals surface area contributed by atoms with Gasteiger partial charge >= 0.3 is 0 Å². The van der Waals surface area contributed by atoms with Crippen LogP contribution in [0.3, 0.4) is 0 Å². The topological polar surface area (TPSA) is 78.4 Å². The zero-order valence-corrected chi connectivity index (χ0v) is 22.6. The van der Waals surface area contributed by atoms with Crippen LogP contribution in [0.5, 0.6) is 5.75 Å². The van der Waals surface area contributed by atoms with Crippen LogP contribution in [0.15, 0.2) is 29.3 Å². The molecule has 1 amide bonds. The molecule has 3 rings (SSSR count). The van der Waals surface area contributed by atoms with Gasteiger partial charge < -0.3 is 25.0 Å². The largest absolute Gasteiger partial charge is 0.492 e. The number of rotatable bonds is 9. The molecule has 2 N–H and O–H groups in total. The Morgan fingerprint density at radius 3 is 2.61 bits per heavy atom. The summed E-state index contributed by atoms with van der Waals surface area (Å²) < 4.78 is 11.3. The Morgan fingerprint density at radius 1 is 1.21 bits per heavy atom. The lowest BCUT2D eigenvalue weighted by molar-refractivity contribution is -0.138. The van der Waals surface area contributed by atoms with Crippen molar-refractivity contribution >= 4 is 35.8 Å². The summed E-state index contributed by atoms with van der Waals surface area (Å²) in [6, 6.07) is 8.14. The second kappa shape index (κ2) is 14.0. The number of carbonyl (C=O) groups excluding carboxylic acids is 1. The molecule has 1 saturated carbocycles. The van der Waals surface area contributed by atoms with E-state index in [-0.39, 0.29) is 35.3 Å². The minimum Gasteiger partial charge on any atom is -0.492 e. The lowest BCUT2D eigenvalue weighted by atomic mass is 9.84. The molecule has 0 spiro atoms. The third-order valence-corrected chi connectivity index (χ3v) is 6.38. The summed E-state index contributed by atoms with van der Waals surface area (Å²) in [5.41, 5.74) is 0.798. The minimum absolute atomic E-state index is 0. The number of hydrogen-bond acceptors (Lipinski definition) is 5. The summed E-state index contributed by atoms with van der Waals surface area (Å²) in [4.78, 5) is 21.2. The van der Waals surface area contributed by atoms with Crippen molar-refractivity contribution in [3.63, 3.8) is 0 Å². The zero-order valence-electron chi connectivity index (χ0n) is 20.3. The van der Waals surface area contributed by atoms with E-state index in [9.17, 15) is 4.79 Å². The molecule has 0 unspecified atom stereocenters. The van der Waals surface area contributed by atoms with Crippen molar-refractivity contribution in [1.29, 1.82) is 0 Å². The van der Waals surface area contributed by atoms with Crippen LogP contribution in [0.1, 0.15) is 31.2 Å². The predicted molar refractivity (Wildman–Crippen MR) is 142 cm³/mol. The van der Waals surface area contributed by atoms with Gasteiger partial charge in [0, 0.05) is 53.9 Å². The van der Waals surface area contributed by atoms with Crippen LogP contribution in [0.25, 0.3) is 0 Å². The number of ether oxygens (including phenoxy) is 2. The fourth-order valence-electron chi connectivity index (χ4n) is 4.51. The van der Waals surface area contributed by atoms with E-state index in [4.69, 9.17) is 9.47 Å². The Kier molecular flexibility index (Phi) is 11.7. The van der Waals surface area contributed by atoms with Crippen molar-refractivity contribution in [2.75, 3.05) is 67.1 Å². The molecular weight excluding hydrogens is 533 g/mol. The SMILES string of the molecule is CN=C(NCc1cccc(OCCN2CCOCC2)c1)NCC1(C(=O)N(C)C)CCCC1.I. The number of nitrogens with zero attached hydrogens (tertiary/aromatic N) is 3. The van der Waals surface area contributed by atoms with Crippen molar-refractivity contribution < 1.29 is 14.3 Å². The molecule has 1 heterocycles. The Morgan fingerprint density at radius 2 is 1.94 bits per heavy atom. The molecule has 1 aromatic rings. The normalized spacial score (nSPS) is 18.3. The maximum absolute atomic E-state index is 12.8. The molecule has 0 atom stereocenters. The van der Waals surface area contributed by atoms with Crippen LogP contribution >= 0.6 is 24.0 Å². The maximum Gasteiger partial charge on any atom is 0.230 e. The van der Waals surface area contributed by atoms with E-state index in [1.54, 1.807) is 11.9 Å². The first-order valence-electron chi connectivity index (χ1n) is 11.7. The highest BCUT2D eigenvalue weighted by atomic mass is 127. The molecule has 186 valence electrons. The van der Waals surface area contributed by atoms with E-state index in [0.29, 0.717) is 25.7 Å². The van der Waals surface area contributed by atoms with Gasteiger partial charge in [0.25, 0.3) is 0 Å². The first-order valence-corrected chi connectivity index (χ1v) is 11.7. The molecule has 1 aliphatic heterocycles. The monoisotopic (exact) mass is 573 g/mol. The number of benzene rings is 1. The first-order chi connectivity index (χ1) is 15.5. The average molecular weight is 574 g/mol. The van der Waals surface area contributed by atoms with E-state index >= 15 is 0 Å². The summed E-state index contributed by atoms with van der Waals surface area (Å²) in [5.74, 6) is 1.79. The molecule has 9 heteroatoms. The molecule has 0 aromatic heterocycles. The standard InChI is InChI=1S/C24H39N5O3.HI/c1-25-23(27-19-24(9-4-5-10-24)22(30)28(2)3)26-18-20-7-6-8-21(17-20)32-16-13-29-11-14-31-15-12-29;/h6-8,17H,4-5,9-16,18-19H2,1-3H3,(H2,25,26,27);1H. The van der Waals surface area contributed by atoms with Crippen LogP contribution in [0.2, 0.25) is 0 Å². The molecule has 1 saturated heterocycles. The van der Waals surface area contributed by atoms with Gasteiger partial charge in [0.2, 0.25) is 5.91 Å². The van der Waals surface area contributed by atoms with Gasteiger partial charge in [-0.05, 0) is 30.5 Å². The van der Waals surface area contributed by atoms with Crippen molar-refractivity contribution in [2.24, 2.45) is 10.4 Å². The van der Waals surface area contributed by atoms with Gasteiger partial charge in [-0.15, -0.1) is 24.0 Å². The third-order valence-electron chi connectivity index (χ3n) is 6.38. The lowest BCUT2D eigenvalue weighted by Crippen LogP contribution is -2.49. The van der Waals surface area contributed by atoms with Gasteiger partial charge in [-0.2, -0.15) is 0 Å². The second-order valence-electron chi connectivity index (χ2n) is 8.92. The van der Waals surface area contributed by atoms with Gasteiger partial charge in [0.05, 0.1) is 18.6 Å². The highest BCUT2D eigenvalue weighted by Crippen LogP contribution is 2.38. The van der Waals surface area contributed by atoms with Crippen LogP contribution in [0.4, 0.5) is 0 Å². The number of guanidine groups is 1. The van der Waals surface area contributed by atoms with Crippen LogP contribution in [-0.2, 0) is 16.1 Å². The smallest absolute Gasteiger partial charge is 0.230 e. The number of carbonyl (C=O) groups is 1. The van der Waals surface area contributed by atoms with Gasteiger partial charge in [-0.1, -0.05) is 25.0 Å². The van der Waals surface area contributed by atoms with E-state index in [1.165, 1.54) is 0 Å². The van der Waals surface area contributed by atoms with Crippen LogP contribution < -0.4 is 15.4 Å². The number of nitrogens with one attached hydrogen (secondary N) is 2. The number of aliphatic imine (C=N–C) groups is 1. The first kappa shape index (κ1) is 27.7. The van der Waals surface area contributed by atoms with E-state index in [0.717, 1.165) is 69.8 Å². The molecule has 2 fully saturated rings. The Labute approximate surface area is 215 Å². The van der Waals surface area contributed by atoms with Crippen molar-refractivity contribution in [1.82, 2.24) is 20.4 Å². The summed E-state index contributed by atoms with van der Waals surface area (Å²) in [5, 5.41) is 6.75. The van der Waals surface area contributed by atoms with E-state index in [1.807, 2.05) is 26.2 Å². The quantitative estimate of drug-likeness (QED) is 0.269. The van der Waals surface area contributed by atoms with Gasteiger partial charge in [-0.25, -0.2) is 0 Å². The number of hydrogen-bond donors (Lipinski definition) is 2. The second-order valence-corrected chi connectivity index (χ2v) is 8.92. The van der Waals surface area contributed by atoms with Crippen LogP contribution in [-0.4, -0.2) is 88.8 Å². The Bertz CT molecular complexity index is 762. The molecule has 0 bridgehead atoms. The summed E-state index contributed by atoms with van der Waals surface area (Å²) in [6.45, 7) is 6.38. The van der Waals surface area contributed by atoms with Crippen LogP contribution in [0, 0.1) is 5.41 Å². The minimum atomic E-state index is -0.324. The summed E-state index contributed by atoms with van der Waals surface area (Å²) >= 11 is 0. The molecule has 8 nitrogen and oxygen atoms in total. The van der Waals surface area contributed by atoms with E-state index in [2.05, 4.69) is 32.7 Å². The molecule has 1 aromatic carbocycles. The molecule has 33 heavy (non-hydrogen) atoms. The average Bonchev–Trinajstić information content (AvgIpc) is 3.30. The van der Waals surface area contributed by atoms with Gasteiger partial charge in [0.1, 0.15) is 12.4 Å². The lowest BCUT2D eigenvalue weighted by Gasteiger charge is -2.31. The van der Waals surface area contributed by atoms with E-state index < -0.39 is 0 Å². The maximum atomic E-state index is 12.8. The van der Waals surface area contributed by atoms with Gasteiger partial charge in [0.15, 0.2) is 5.96 Å². The third kappa shape index (κ3) is 8.29. The Balaban J connectivity index is 0.00000385. The highest BCUT2D eigenvalue weighted by Gasteiger charge is 2.42. The highest BCUT2D eigenvalue weighted by molar-refractivity contribution is 14.0. The van der Waals surface area contributed by atoms with Gasteiger partial charge in [-0.3, -0.25) is 14.7 Å². The number of morpholine rings is 1. The summed E-state index contributed by atoms with van der Waals surface area (Å²) in [6.07, 6.45) is 4.06. The fraction of sp³-hybridized carbons (Fsp3) is 0.667. The molecule has 0 radical (unpaired) electrons. The zero-order chi connectivity index (χ0) is 22.8. The fourth-order valence-corrected chi connectivity index (χ4v) is 4.51. The number of amides is 1. The molecule has 1 aliphatic carbocycles. The Hall–Kier alpha value is -1.59. The molecule has 2 aliphatic rings. The number of halogens is 1. The van der Waals surface area contributed by atoms with Crippen molar-refractivity contribution in [2.45, 2.75) is 32.2 Å². The van der Waals surface area contributed by atoms with Crippen molar-refractivity contribution in [3.05, 3.63) is 29.8 Å².